The first-order chi connectivity index (χ1) is 13.2. The summed E-state index contributed by atoms with van der Waals surface area (Å²) >= 11 is 0. The van der Waals surface area contributed by atoms with E-state index in [1.165, 1.54) is 21.3 Å². The third kappa shape index (κ3) is 4.03. The van der Waals surface area contributed by atoms with Gasteiger partial charge in [0, 0.05) is 11.1 Å². The van der Waals surface area contributed by atoms with Crippen LogP contribution in [0.3, 0.4) is 0 Å². The Morgan fingerprint density at radius 2 is 1.22 bits per heavy atom. The Bertz CT molecular complexity index is 892. The maximum Gasteiger partial charge on any atom is 0.203 e. The molecule has 0 amide bonds. The lowest BCUT2D eigenvalue weighted by atomic mass is 10.0. The van der Waals surface area contributed by atoms with Gasteiger partial charge >= 0.3 is 0 Å². The second kappa shape index (κ2) is 8.27. The van der Waals surface area contributed by atoms with Crippen molar-refractivity contribution in [2.45, 2.75) is 0 Å². The summed E-state index contributed by atoms with van der Waals surface area (Å²) in [4.78, 5) is 12.9. The molecule has 0 aliphatic heterocycles. The Hall–Kier alpha value is -3.47. The molecule has 0 aliphatic carbocycles. The SMILES string of the molecule is COc1cc(C(=O)c2ccc(Oc3ccccc3)cc2)cc(OC)c1OC. The number of hydrogen-bond donors (Lipinski definition) is 0. The third-order valence-electron chi connectivity index (χ3n) is 4.02. The number of rotatable bonds is 7. The van der Waals surface area contributed by atoms with Gasteiger partial charge in [-0.2, -0.15) is 0 Å². The molecule has 3 aromatic carbocycles. The molecule has 0 aliphatic rings. The van der Waals surface area contributed by atoms with Crippen molar-refractivity contribution >= 4 is 5.78 Å². The molecule has 5 nitrogen and oxygen atoms in total. The maximum atomic E-state index is 12.9. The number of hydrogen-bond acceptors (Lipinski definition) is 5. The average molecular weight is 364 g/mol. The summed E-state index contributed by atoms with van der Waals surface area (Å²) in [5, 5.41) is 0. The first-order valence-corrected chi connectivity index (χ1v) is 8.34. The standard InChI is InChI=1S/C22H20O5/c1-24-19-13-16(14-20(25-2)22(19)26-3)21(23)15-9-11-18(12-10-15)27-17-7-5-4-6-8-17/h4-14H,1-3H3. The zero-order valence-corrected chi connectivity index (χ0v) is 15.4. The van der Waals surface area contributed by atoms with Gasteiger partial charge < -0.3 is 18.9 Å². The van der Waals surface area contributed by atoms with Crippen LogP contribution in [0.15, 0.2) is 66.7 Å². The first kappa shape index (κ1) is 18.3. The van der Waals surface area contributed by atoms with Crippen molar-refractivity contribution in [3.63, 3.8) is 0 Å². The second-order valence-corrected chi connectivity index (χ2v) is 5.68. The fourth-order valence-corrected chi connectivity index (χ4v) is 2.68. The minimum absolute atomic E-state index is 0.152. The quantitative estimate of drug-likeness (QED) is 0.567. The molecule has 138 valence electrons. The van der Waals surface area contributed by atoms with Crippen LogP contribution in [0, 0.1) is 0 Å². The third-order valence-corrected chi connectivity index (χ3v) is 4.02. The van der Waals surface area contributed by atoms with Crippen molar-refractivity contribution in [3.8, 4) is 28.7 Å². The van der Waals surface area contributed by atoms with Crippen LogP contribution in [-0.4, -0.2) is 27.1 Å². The number of para-hydroxylation sites is 1. The van der Waals surface area contributed by atoms with Gasteiger partial charge in [-0.25, -0.2) is 0 Å². The molecule has 0 bridgehead atoms. The van der Waals surface area contributed by atoms with E-state index in [1.54, 1.807) is 36.4 Å². The highest BCUT2D eigenvalue weighted by atomic mass is 16.5. The van der Waals surface area contributed by atoms with Crippen LogP contribution in [0.25, 0.3) is 0 Å². The summed E-state index contributed by atoms with van der Waals surface area (Å²) in [7, 11) is 4.55. The average Bonchev–Trinajstić information content (AvgIpc) is 2.73. The zero-order valence-electron chi connectivity index (χ0n) is 15.4. The van der Waals surface area contributed by atoms with Crippen LogP contribution in [0.1, 0.15) is 15.9 Å². The Morgan fingerprint density at radius 3 is 1.74 bits per heavy atom. The van der Waals surface area contributed by atoms with Crippen LogP contribution in [0.2, 0.25) is 0 Å². The molecule has 0 atom stereocenters. The fraction of sp³-hybridized carbons (Fsp3) is 0.136. The van der Waals surface area contributed by atoms with Crippen molar-refractivity contribution in [2.75, 3.05) is 21.3 Å². The number of benzene rings is 3. The van der Waals surface area contributed by atoms with E-state index in [4.69, 9.17) is 18.9 Å². The molecule has 0 saturated heterocycles. The van der Waals surface area contributed by atoms with Crippen LogP contribution in [0.4, 0.5) is 0 Å². The second-order valence-electron chi connectivity index (χ2n) is 5.68. The van der Waals surface area contributed by atoms with Crippen molar-refractivity contribution in [2.24, 2.45) is 0 Å². The fourth-order valence-electron chi connectivity index (χ4n) is 2.68. The predicted molar refractivity (Wildman–Crippen MR) is 102 cm³/mol. The van der Waals surface area contributed by atoms with Crippen molar-refractivity contribution in [3.05, 3.63) is 77.9 Å². The molecular formula is C22H20O5. The van der Waals surface area contributed by atoms with Gasteiger partial charge in [0.2, 0.25) is 5.75 Å². The Balaban J connectivity index is 1.85. The van der Waals surface area contributed by atoms with Gasteiger partial charge in [-0.05, 0) is 48.5 Å². The molecule has 0 aromatic heterocycles. The van der Waals surface area contributed by atoms with E-state index in [2.05, 4.69) is 0 Å². The molecule has 27 heavy (non-hydrogen) atoms. The minimum Gasteiger partial charge on any atom is -0.493 e. The van der Waals surface area contributed by atoms with Crippen LogP contribution >= 0.6 is 0 Å². The molecule has 0 fully saturated rings. The Morgan fingerprint density at radius 1 is 0.667 bits per heavy atom. The first-order valence-electron chi connectivity index (χ1n) is 8.34. The number of ether oxygens (including phenoxy) is 4. The number of methoxy groups -OCH3 is 3. The lowest BCUT2D eigenvalue weighted by Gasteiger charge is -2.14. The van der Waals surface area contributed by atoms with E-state index in [1.807, 2.05) is 30.3 Å². The lowest BCUT2D eigenvalue weighted by Crippen LogP contribution is -2.04. The summed E-state index contributed by atoms with van der Waals surface area (Å²) in [5.41, 5.74) is 0.978. The number of carbonyl (C=O) groups excluding carboxylic acids is 1. The Kier molecular flexibility index (Phi) is 5.61. The molecule has 0 N–H and O–H groups in total. The number of ketones is 1. The molecule has 3 rings (SSSR count). The van der Waals surface area contributed by atoms with Gasteiger partial charge in [-0.1, -0.05) is 18.2 Å². The molecule has 0 unspecified atom stereocenters. The number of carbonyl (C=O) groups is 1. The molecular weight excluding hydrogens is 344 g/mol. The van der Waals surface area contributed by atoms with Crippen molar-refractivity contribution in [1.29, 1.82) is 0 Å². The van der Waals surface area contributed by atoms with Gasteiger partial charge in [-0.3, -0.25) is 4.79 Å². The van der Waals surface area contributed by atoms with Crippen molar-refractivity contribution < 1.29 is 23.7 Å². The minimum atomic E-state index is -0.152. The zero-order chi connectivity index (χ0) is 19.2. The topological polar surface area (TPSA) is 54.0 Å². The summed E-state index contributed by atoms with van der Waals surface area (Å²) in [6, 6.07) is 19.7. The summed E-state index contributed by atoms with van der Waals surface area (Å²) < 4.78 is 21.7. The molecule has 0 radical (unpaired) electrons. The van der Waals surface area contributed by atoms with Crippen molar-refractivity contribution in [1.82, 2.24) is 0 Å². The van der Waals surface area contributed by atoms with Gasteiger partial charge in [-0.15, -0.1) is 0 Å². The summed E-state index contributed by atoms with van der Waals surface area (Å²) in [6.45, 7) is 0. The molecule has 0 saturated carbocycles. The maximum absolute atomic E-state index is 12.9. The van der Waals surface area contributed by atoms with E-state index in [0.29, 0.717) is 34.1 Å². The highest BCUT2D eigenvalue weighted by Crippen LogP contribution is 2.38. The smallest absolute Gasteiger partial charge is 0.203 e. The molecule has 3 aromatic rings. The van der Waals surface area contributed by atoms with Gasteiger partial charge in [0.25, 0.3) is 0 Å². The van der Waals surface area contributed by atoms with Gasteiger partial charge in [0.05, 0.1) is 21.3 Å². The molecule has 5 heteroatoms. The largest absolute Gasteiger partial charge is 0.493 e. The van der Waals surface area contributed by atoms with E-state index in [9.17, 15) is 4.79 Å². The molecule has 0 spiro atoms. The van der Waals surface area contributed by atoms with E-state index in [-0.39, 0.29) is 5.78 Å². The van der Waals surface area contributed by atoms with Gasteiger partial charge in [0.15, 0.2) is 17.3 Å². The highest BCUT2D eigenvalue weighted by Gasteiger charge is 2.18. The van der Waals surface area contributed by atoms with Gasteiger partial charge in [0.1, 0.15) is 11.5 Å². The van der Waals surface area contributed by atoms with E-state index < -0.39 is 0 Å². The summed E-state index contributed by atoms with van der Waals surface area (Å²) in [6.07, 6.45) is 0. The van der Waals surface area contributed by atoms with Crippen LogP contribution < -0.4 is 18.9 Å². The van der Waals surface area contributed by atoms with E-state index >= 15 is 0 Å². The van der Waals surface area contributed by atoms with Crippen LogP contribution in [-0.2, 0) is 0 Å². The summed E-state index contributed by atoms with van der Waals surface area (Å²) in [5.74, 6) is 2.56. The predicted octanol–water partition coefficient (Wildman–Crippen LogP) is 4.74. The lowest BCUT2D eigenvalue weighted by molar-refractivity contribution is 0.103. The highest BCUT2D eigenvalue weighted by molar-refractivity contribution is 6.09. The molecule has 0 heterocycles. The monoisotopic (exact) mass is 364 g/mol. The Labute approximate surface area is 158 Å². The van der Waals surface area contributed by atoms with E-state index in [0.717, 1.165) is 5.75 Å². The normalized spacial score (nSPS) is 10.2. The van der Waals surface area contributed by atoms with Crippen LogP contribution in [0.5, 0.6) is 28.7 Å².